The number of hydrogen-bond donors (Lipinski definition) is 0. The first-order valence-electron chi connectivity index (χ1n) is 7.12. The molecule has 0 aliphatic carbocycles. The summed E-state index contributed by atoms with van der Waals surface area (Å²) < 4.78 is 1.00. The molecule has 2 aromatic carbocycles. The summed E-state index contributed by atoms with van der Waals surface area (Å²) in [7, 11) is 0. The minimum Gasteiger partial charge on any atom is -0.279 e. The Balaban J connectivity index is 2.02. The van der Waals surface area contributed by atoms with E-state index >= 15 is 0 Å². The van der Waals surface area contributed by atoms with E-state index < -0.39 is 0 Å². The molecule has 0 amide bonds. The predicted molar refractivity (Wildman–Crippen MR) is 96.0 cm³/mol. The third kappa shape index (κ3) is 2.58. The Kier molecular flexibility index (Phi) is 3.71. The van der Waals surface area contributed by atoms with Crippen LogP contribution in [0.3, 0.4) is 0 Å². The van der Waals surface area contributed by atoms with Gasteiger partial charge in [0, 0.05) is 37.9 Å². The molecule has 0 atom stereocenters. The second-order valence-corrected chi connectivity index (χ2v) is 6.52. The van der Waals surface area contributed by atoms with Crippen LogP contribution in [0.25, 0.3) is 11.3 Å². The Morgan fingerprint density at radius 3 is 2.74 bits per heavy atom. The zero-order valence-corrected chi connectivity index (χ0v) is 14.3. The Morgan fingerprint density at radius 1 is 1.00 bits per heavy atom. The summed E-state index contributed by atoms with van der Waals surface area (Å²) >= 11 is 9.87. The van der Waals surface area contributed by atoms with E-state index in [1.165, 1.54) is 0 Å². The van der Waals surface area contributed by atoms with Crippen LogP contribution in [-0.2, 0) is 6.54 Å². The van der Waals surface area contributed by atoms with Crippen molar-refractivity contribution >= 4 is 33.2 Å². The first-order valence-corrected chi connectivity index (χ1v) is 8.29. The van der Waals surface area contributed by atoms with Crippen molar-refractivity contribution in [2.75, 3.05) is 0 Å². The van der Waals surface area contributed by atoms with E-state index in [2.05, 4.69) is 32.0 Å². The smallest absolute Gasteiger partial charge is 0.116 e. The molecule has 0 saturated heterocycles. The van der Waals surface area contributed by atoms with Gasteiger partial charge in [0.15, 0.2) is 0 Å². The monoisotopic (exact) mass is 383 g/mol. The first-order chi connectivity index (χ1) is 11.2. The highest BCUT2D eigenvalue weighted by molar-refractivity contribution is 9.10. The van der Waals surface area contributed by atoms with Crippen LogP contribution >= 0.6 is 27.5 Å². The Hall–Kier alpha value is -2.04. The molecule has 0 fully saturated rings. The van der Waals surface area contributed by atoms with Crippen molar-refractivity contribution in [3.63, 3.8) is 0 Å². The van der Waals surface area contributed by atoms with Gasteiger partial charge in [-0.1, -0.05) is 51.8 Å². The van der Waals surface area contributed by atoms with Gasteiger partial charge in [-0.15, -0.1) is 0 Å². The van der Waals surface area contributed by atoms with E-state index in [-0.39, 0.29) is 0 Å². The van der Waals surface area contributed by atoms with Gasteiger partial charge in [0.2, 0.25) is 0 Å². The zero-order chi connectivity index (χ0) is 15.8. The highest BCUT2D eigenvalue weighted by Crippen LogP contribution is 2.33. The molecule has 1 aromatic heterocycles. The van der Waals surface area contributed by atoms with Crippen LogP contribution in [0, 0.1) is 0 Å². The topological polar surface area (TPSA) is 38.1 Å². The maximum atomic E-state index is 6.25. The summed E-state index contributed by atoms with van der Waals surface area (Å²) in [5.74, 6) is 0. The van der Waals surface area contributed by atoms with Crippen molar-refractivity contribution in [3.05, 3.63) is 81.2 Å². The summed E-state index contributed by atoms with van der Waals surface area (Å²) in [6.07, 6.45) is 3.40. The Labute approximate surface area is 147 Å². The molecular weight excluding hydrogens is 374 g/mol. The molecule has 1 aliphatic rings. The predicted octanol–water partition coefficient (Wildman–Crippen LogP) is 4.91. The Bertz CT molecular complexity index is 937. The summed E-state index contributed by atoms with van der Waals surface area (Å²) in [5, 5.41) is 0.681. The number of aromatic nitrogens is 2. The van der Waals surface area contributed by atoms with Gasteiger partial charge in [0.1, 0.15) is 6.33 Å². The summed E-state index contributed by atoms with van der Waals surface area (Å²) in [6, 6.07) is 13.9. The van der Waals surface area contributed by atoms with Crippen LogP contribution in [0.2, 0.25) is 5.02 Å². The van der Waals surface area contributed by atoms with Gasteiger partial charge >= 0.3 is 0 Å². The number of benzene rings is 2. The van der Waals surface area contributed by atoms with Crippen LogP contribution in [0.1, 0.15) is 16.7 Å². The molecule has 23 heavy (non-hydrogen) atoms. The van der Waals surface area contributed by atoms with Gasteiger partial charge < -0.3 is 0 Å². The maximum Gasteiger partial charge on any atom is 0.116 e. The standard InChI is InChI=1S/C18H11BrClN3/c19-16-4-2-1-3-14(16)18-15-7-12(20)5-6-13(15)17-11(9-22-18)8-21-10-23-17/h1-8,10H,9H2. The van der Waals surface area contributed by atoms with Gasteiger partial charge in [-0.2, -0.15) is 0 Å². The minimum absolute atomic E-state index is 0.541. The fourth-order valence-electron chi connectivity index (χ4n) is 2.77. The summed E-state index contributed by atoms with van der Waals surface area (Å²) in [5.41, 5.74) is 5.89. The number of halogens is 2. The van der Waals surface area contributed by atoms with E-state index in [4.69, 9.17) is 16.6 Å². The van der Waals surface area contributed by atoms with E-state index in [1.54, 1.807) is 6.33 Å². The molecule has 3 aromatic rings. The minimum atomic E-state index is 0.541. The van der Waals surface area contributed by atoms with Crippen molar-refractivity contribution < 1.29 is 0 Å². The highest BCUT2D eigenvalue weighted by atomic mass is 79.9. The molecule has 0 saturated carbocycles. The van der Waals surface area contributed by atoms with E-state index in [9.17, 15) is 0 Å². The van der Waals surface area contributed by atoms with Gasteiger partial charge in [-0.3, -0.25) is 4.99 Å². The molecule has 112 valence electrons. The molecule has 1 aliphatic heterocycles. The lowest BCUT2D eigenvalue weighted by atomic mass is 9.95. The molecule has 0 unspecified atom stereocenters. The summed E-state index contributed by atoms with van der Waals surface area (Å²) in [6.45, 7) is 0.541. The molecule has 4 rings (SSSR count). The third-order valence-corrected chi connectivity index (χ3v) is 4.74. The lowest BCUT2D eigenvalue weighted by Crippen LogP contribution is -2.05. The number of hydrogen-bond acceptors (Lipinski definition) is 3. The Morgan fingerprint density at radius 2 is 1.87 bits per heavy atom. The van der Waals surface area contributed by atoms with Gasteiger partial charge in [0.05, 0.1) is 18.0 Å². The van der Waals surface area contributed by atoms with Crippen molar-refractivity contribution in [1.29, 1.82) is 0 Å². The van der Waals surface area contributed by atoms with Crippen LogP contribution < -0.4 is 0 Å². The average Bonchev–Trinajstić information content (AvgIpc) is 2.72. The van der Waals surface area contributed by atoms with Gasteiger partial charge in [-0.05, 0) is 18.2 Å². The molecule has 2 heterocycles. The van der Waals surface area contributed by atoms with Crippen LogP contribution in [-0.4, -0.2) is 15.7 Å². The van der Waals surface area contributed by atoms with E-state index in [0.717, 1.165) is 38.1 Å². The van der Waals surface area contributed by atoms with E-state index in [1.807, 2.05) is 42.6 Å². The van der Waals surface area contributed by atoms with Crippen molar-refractivity contribution in [1.82, 2.24) is 9.97 Å². The molecule has 0 radical (unpaired) electrons. The largest absolute Gasteiger partial charge is 0.279 e. The average molecular weight is 385 g/mol. The summed E-state index contributed by atoms with van der Waals surface area (Å²) in [4.78, 5) is 13.4. The van der Waals surface area contributed by atoms with Gasteiger partial charge in [-0.25, -0.2) is 9.97 Å². The molecule has 0 N–H and O–H groups in total. The lowest BCUT2D eigenvalue weighted by molar-refractivity contribution is 1.02. The van der Waals surface area contributed by atoms with Crippen LogP contribution in [0.15, 0.2) is 64.5 Å². The molecule has 0 spiro atoms. The normalized spacial score (nSPS) is 12.9. The van der Waals surface area contributed by atoms with Crippen molar-refractivity contribution in [2.24, 2.45) is 4.99 Å². The van der Waals surface area contributed by atoms with Crippen molar-refractivity contribution in [2.45, 2.75) is 6.54 Å². The molecule has 3 nitrogen and oxygen atoms in total. The van der Waals surface area contributed by atoms with Crippen LogP contribution in [0.4, 0.5) is 0 Å². The second-order valence-electron chi connectivity index (χ2n) is 5.23. The number of nitrogens with zero attached hydrogens (tertiary/aromatic N) is 3. The number of aliphatic imine (C=N–C) groups is 1. The zero-order valence-electron chi connectivity index (χ0n) is 12.0. The highest BCUT2D eigenvalue weighted by Gasteiger charge is 2.21. The first kappa shape index (κ1) is 14.5. The lowest BCUT2D eigenvalue weighted by Gasteiger charge is -2.12. The fourth-order valence-corrected chi connectivity index (χ4v) is 3.41. The molecule has 0 bridgehead atoms. The molecular formula is C18H11BrClN3. The fraction of sp³-hybridized carbons (Fsp3) is 0.0556. The van der Waals surface area contributed by atoms with Gasteiger partial charge in [0.25, 0.3) is 0 Å². The van der Waals surface area contributed by atoms with E-state index in [0.29, 0.717) is 11.6 Å². The quantitative estimate of drug-likeness (QED) is 0.598. The second kappa shape index (κ2) is 5.87. The SMILES string of the molecule is Clc1ccc2c(c1)C(c1ccccc1Br)=NCc1cncnc1-2. The third-order valence-electron chi connectivity index (χ3n) is 3.82. The number of rotatable bonds is 1. The van der Waals surface area contributed by atoms with Crippen LogP contribution in [0.5, 0.6) is 0 Å². The number of fused-ring (bicyclic) bond motifs is 3. The van der Waals surface area contributed by atoms with Crippen molar-refractivity contribution in [3.8, 4) is 11.3 Å². The molecule has 5 heteroatoms. The maximum absolute atomic E-state index is 6.25.